The molecule has 0 saturated carbocycles. The van der Waals surface area contributed by atoms with Gasteiger partial charge in [-0.3, -0.25) is 0 Å². The van der Waals surface area contributed by atoms with Crippen LogP contribution in [0.4, 0.5) is 0 Å². The van der Waals surface area contributed by atoms with E-state index in [4.69, 9.17) is 9.84 Å². The standard InChI is InChI=1S/C12H14O4/c1-16-8-4-2-7-3-5-9(10(7)6-8)11(13)12(14)15/h2,4,6,9,11,13H,3,5H2,1H3,(H,14,15). The van der Waals surface area contributed by atoms with E-state index in [0.717, 1.165) is 17.5 Å². The van der Waals surface area contributed by atoms with Crippen molar-refractivity contribution in [3.05, 3.63) is 29.3 Å². The van der Waals surface area contributed by atoms with E-state index in [0.29, 0.717) is 12.2 Å². The van der Waals surface area contributed by atoms with Gasteiger partial charge in [-0.2, -0.15) is 0 Å². The first-order valence-electron chi connectivity index (χ1n) is 5.21. The van der Waals surface area contributed by atoms with Gasteiger partial charge in [-0.25, -0.2) is 4.79 Å². The number of fused-ring (bicyclic) bond motifs is 1. The normalized spacial score (nSPS) is 20.2. The van der Waals surface area contributed by atoms with Crippen molar-refractivity contribution in [3.8, 4) is 5.75 Å². The van der Waals surface area contributed by atoms with Crippen LogP contribution in [0.25, 0.3) is 0 Å². The number of rotatable bonds is 3. The molecule has 16 heavy (non-hydrogen) atoms. The van der Waals surface area contributed by atoms with Gasteiger partial charge in [0.15, 0.2) is 6.10 Å². The minimum atomic E-state index is -1.33. The molecule has 2 atom stereocenters. The molecule has 0 spiro atoms. The summed E-state index contributed by atoms with van der Waals surface area (Å²) in [5.74, 6) is -0.786. The molecular weight excluding hydrogens is 208 g/mol. The molecule has 0 fully saturated rings. The van der Waals surface area contributed by atoms with Gasteiger partial charge in [-0.15, -0.1) is 0 Å². The molecule has 0 aliphatic heterocycles. The molecule has 2 N–H and O–H groups in total. The molecule has 0 heterocycles. The third kappa shape index (κ3) is 1.76. The fourth-order valence-corrected chi connectivity index (χ4v) is 2.24. The Hall–Kier alpha value is -1.55. The van der Waals surface area contributed by atoms with Gasteiger partial charge >= 0.3 is 5.97 Å². The summed E-state index contributed by atoms with van der Waals surface area (Å²) in [6, 6.07) is 5.61. The lowest BCUT2D eigenvalue weighted by atomic mass is 9.95. The van der Waals surface area contributed by atoms with Crippen molar-refractivity contribution in [2.75, 3.05) is 7.11 Å². The fraction of sp³-hybridized carbons (Fsp3) is 0.417. The Labute approximate surface area is 93.5 Å². The average Bonchev–Trinajstić information content (AvgIpc) is 2.70. The van der Waals surface area contributed by atoms with Crippen molar-refractivity contribution in [3.63, 3.8) is 0 Å². The van der Waals surface area contributed by atoms with E-state index >= 15 is 0 Å². The van der Waals surface area contributed by atoms with E-state index in [-0.39, 0.29) is 5.92 Å². The molecule has 1 aromatic rings. The second kappa shape index (κ2) is 4.14. The molecule has 0 aromatic heterocycles. The highest BCUT2D eigenvalue weighted by molar-refractivity contribution is 5.74. The number of hydrogen-bond donors (Lipinski definition) is 2. The third-order valence-electron chi connectivity index (χ3n) is 3.11. The van der Waals surface area contributed by atoms with E-state index < -0.39 is 12.1 Å². The SMILES string of the molecule is COc1ccc2c(c1)C(C(O)C(=O)O)CC2. The molecule has 2 rings (SSSR count). The van der Waals surface area contributed by atoms with Crippen LogP contribution in [0.15, 0.2) is 18.2 Å². The first-order chi connectivity index (χ1) is 7.63. The molecule has 4 heteroatoms. The van der Waals surface area contributed by atoms with Crippen molar-refractivity contribution in [1.82, 2.24) is 0 Å². The molecular formula is C12H14O4. The van der Waals surface area contributed by atoms with E-state index in [2.05, 4.69) is 0 Å². The molecule has 1 aliphatic carbocycles. The maximum atomic E-state index is 10.8. The predicted octanol–water partition coefficient (Wildman–Crippen LogP) is 1.17. The molecule has 1 aliphatic rings. The maximum absolute atomic E-state index is 10.8. The largest absolute Gasteiger partial charge is 0.497 e. The summed E-state index contributed by atoms with van der Waals surface area (Å²) in [6.07, 6.45) is 0.165. The molecule has 0 saturated heterocycles. The van der Waals surface area contributed by atoms with Crippen molar-refractivity contribution >= 4 is 5.97 Å². The minimum Gasteiger partial charge on any atom is -0.497 e. The van der Waals surface area contributed by atoms with Crippen molar-refractivity contribution in [2.24, 2.45) is 0 Å². The van der Waals surface area contributed by atoms with Gasteiger partial charge in [0, 0.05) is 5.92 Å². The second-order valence-electron chi connectivity index (χ2n) is 3.99. The van der Waals surface area contributed by atoms with E-state index in [9.17, 15) is 9.90 Å². The first kappa shape index (κ1) is 11.0. The highest BCUT2D eigenvalue weighted by Crippen LogP contribution is 2.37. The summed E-state index contributed by atoms with van der Waals surface area (Å²) in [6.45, 7) is 0. The van der Waals surface area contributed by atoms with Crippen LogP contribution in [0, 0.1) is 0 Å². The number of benzene rings is 1. The Morgan fingerprint density at radius 2 is 2.31 bits per heavy atom. The van der Waals surface area contributed by atoms with Gasteiger partial charge in [0.05, 0.1) is 7.11 Å². The average molecular weight is 222 g/mol. The molecule has 0 radical (unpaired) electrons. The number of aliphatic hydroxyl groups is 1. The summed E-state index contributed by atoms with van der Waals surface area (Å²) < 4.78 is 5.10. The number of hydrogen-bond acceptors (Lipinski definition) is 3. The van der Waals surface area contributed by atoms with Crippen LogP contribution in [-0.2, 0) is 11.2 Å². The summed E-state index contributed by atoms with van der Waals surface area (Å²) in [7, 11) is 1.57. The lowest BCUT2D eigenvalue weighted by Crippen LogP contribution is -2.26. The maximum Gasteiger partial charge on any atom is 0.333 e. The Balaban J connectivity index is 2.34. The third-order valence-corrected chi connectivity index (χ3v) is 3.11. The van der Waals surface area contributed by atoms with Crippen LogP contribution in [-0.4, -0.2) is 29.4 Å². The quantitative estimate of drug-likeness (QED) is 0.805. The van der Waals surface area contributed by atoms with Gasteiger partial charge in [-0.1, -0.05) is 6.07 Å². The van der Waals surface area contributed by atoms with Gasteiger partial charge in [0.25, 0.3) is 0 Å². The zero-order valence-electron chi connectivity index (χ0n) is 9.01. The van der Waals surface area contributed by atoms with Crippen molar-refractivity contribution in [1.29, 1.82) is 0 Å². The lowest BCUT2D eigenvalue weighted by Gasteiger charge is -2.15. The van der Waals surface area contributed by atoms with Crippen LogP contribution in [0.5, 0.6) is 5.75 Å². The number of methoxy groups -OCH3 is 1. The predicted molar refractivity (Wildman–Crippen MR) is 57.7 cm³/mol. The van der Waals surface area contributed by atoms with E-state index in [1.807, 2.05) is 18.2 Å². The number of carboxylic acid groups (broad SMARTS) is 1. The van der Waals surface area contributed by atoms with E-state index in [1.54, 1.807) is 7.11 Å². The molecule has 2 unspecified atom stereocenters. The zero-order valence-corrected chi connectivity index (χ0v) is 9.01. The Bertz CT molecular complexity index is 413. The number of aliphatic carboxylic acids is 1. The molecule has 86 valence electrons. The molecule has 0 amide bonds. The minimum absolute atomic E-state index is 0.317. The Kier molecular flexibility index (Phi) is 2.83. The first-order valence-corrected chi connectivity index (χ1v) is 5.21. The number of carbonyl (C=O) groups is 1. The topological polar surface area (TPSA) is 66.8 Å². The highest BCUT2D eigenvalue weighted by Gasteiger charge is 2.32. The summed E-state index contributed by atoms with van der Waals surface area (Å²) in [4.78, 5) is 10.8. The monoisotopic (exact) mass is 222 g/mol. The van der Waals surface area contributed by atoms with Gasteiger partial charge in [-0.05, 0) is 36.1 Å². The van der Waals surface area contributed by atoms with Crippen molar-refractivity contribution < 1.29 is 19.7 Å². The fourth-order valence-electron chi connectivity index (χ4n) is 2.24. The smallest absolute Gasteiger partial charge is 0.333 e. The molecule has 4 nitrogen and oxygen atoms in total. The van der Waals surface area contributed by atoms with Gasteiger partial charge in [0.2, 0.25) is 0 Å². The Morgan fingerprint density at radius 1 is 1.56 bits per heavy atom. The highest BCUT2D eigenvalue weighted by atomic mass is 16.5. The van der Waals surface area contributed by atoms with Crippen LogP contribution < -0.4 is 4.74 Å². The number of ether oxygens (including phenoxy) is 1. The van der Waals surface area contributed by atoms with Crippen LogP contribution >= 0.6 is 0 Å². The second-order valence-corrected chi connectivity index (χ2v) is 3.99. The van der Waals surface area contributed by atoms with Crippen molar-refractivity contribution in [2.45, 2.75) is 24.9 Å². The summed E-state index contributed by atoms with van der Waals surface area (Å²) in [5.41, 5.74) is 2.00. The molecule has 1 aromatic carbocycles. The van der Waals surface area contributed by atoms with Crippen LogP contribution in [0.1, 0.15) is 23.5 Å². The lowest BCUT2D eigenvalue weighted by molar-refractivity contribution is -0.147. The summed E-state index contributed by atoms with van der Waals surface area (Å²) >= 11 is 0. The van der Waals surface area contributed by atoms with Crippen LogP contribution in [0.2, 0.25) is 0 Å². The summed E-state index contributed by atoms with van der Waals surface area (Å²) in [5, 5.41) is 18.4. The number of aliphatic hydroxyl groups excluding tert-OH is 1. The number of carboxylic acids is 1. The zero-order chi connectivity index (χ0) is 11.7. The van der Waals surface area contributed by atoms with Crippen LogP contribution in [0.3, 0.4) is 0 Å². The number of aryl methyl sites for hydroxylation is 1. The van der Waals surface area contributed by atoms with E-state index in [1.165, 1.54) is 0 Å². The van der Waals surface area contributed by atoms with Gasteiger partial charge in [0.1, 0.15) is 5.75 Å². The Morgan fingerprint density at radius 3 is 2.94 bits per heavy atom. The molecule has 0 bridgehead atoms. The van der Waals surface area contributed by atoms with Gasteiger partial charge < -0.3 is 14.9 Å².